The Morgan fingerprint density at radius 3 is 2.71 bits per heavy atom. The molecule has 0 saturated carbocycles. The minimum Gasteiger partial charge on any atom is -0.480 e. The number of benzene rings is 1. The van der Waals surface area contributed by atoms with E-state index in [2.05, 4.69) is 30.3 Å². The quantitative estimate of drug-likeness (QED) is 0.735. The molecule has 0 spiro atoms. The van der Waals surface area contributed by atoms with E-state index in [1.54, 1.807) is 6.07 Å². The van der Waals surface area contributed by atoms with Crippen molar-refractivity contribution in [2.24, 2.45) is 5.92 Å². The average molecular weight is 391 g/mol. The van der Waals surface area contributed by atoms with Gasteiger partial charge in [0.15, 0.2) is 0 Å². The molecule has 0 aliphatic carbocycles. The van der Waals surface area contributed by atoms with E-state index in [0.717, 1.165) is 25.9 Å². The number of likely N-dealkylation sites (N-methyl/N-ethyl adjacent to an activating group) is 1. The van der Waals surface area contributed by atoms with Crippen molar-refractivity contribution in [3.8, 4) is 5.75 Å². The third kappa shape index (κ3) is 5.96. The number of carboxylic acids is 1. The highest BCUT2D eigenvalue weighted by Gasteiger charge is 2.33. The maximum absolute atomic E-state index is 12.2. The van der Waals surface area contributed by atoms with Gasteiger partial charge in [0.1, 0.15) is 11.8 Å². The van der Waals surface area contributed by atoms with E-state index in [9.17, 15) is 14.7 Å². The van der Waals surface area contributed by atoms with Gasteiger partial charge >= 0.3 is 12.1 Å². The summed E-state index contributed by atoms with van der Waals surface area (Å²) in [6, 6.07) is 6.73. The van der Waals surface area contributed by atoms with Crippen LogP contribution in [0.5, 0.6) is 5.75 Å². The third-order valence-corrected chi connectivity index (χ3v) is 5.65. The fourth-order valence-corrected chi connectivity index (χ4v) is 4.11. The van der Waals surface area contributed by atoms with Gasteiger partial charge in [0, 0.05) is 12.0 Å². The summed E-state index contributed by atoms with van der Waals surface area (Å²) in [4.78, 5) is 26.0. The van der Waals surface area contributed by atoms with Crippen LogP contribution in [0.15, 0.2) is 24.3 Å². The van der Waals surface area contributed by atoms with Crippen LogP contribution in [0, 0.1) is 5.92 Å². The van der Waals surface area contributed by atoms with Gasteiger partial charge in [-0.05, 0) is 62.9 Å². The van der Waals surface area contributed by atoms with Crippen LogP contribution in [-0.2, 0) is 10.2 Å². The van der Waals surface area contributed by atoms with Crippen molar-refractivity contribution in [1.29, 1.82) is 0 Å². The van der Waals surface area contributed by atoms with Crippen LogP contribution in [0.3, 0.4) is 0 Å². The van der Waals surface area contributed by atoms with Crippen LogP contribution >= 0.6 is 0 Å². The monoisotopic (exact) mass is 390 g/mol. The molecule has 1 unspecified atom stereocenters. The molecule has 2 atom stereocenters. The number of carbonyl (C=O) groups is 2. The highest BCUT2D eigenvalue weighted by atomic mass is 16.6. The summed E-state index contributed by atoms with van der Waals surface area (Å²) in [6.07, 6.45) is 4.13. The zero-order valence-electron chi connectivity index (χ0n) is 17.5. The minimum atomic E-state index is -1.05. The minimum absolute atomic E-state index is 0.0440. The molecule has 1 aliphatic rings. The van der Waals surface area contributed by atoms with Crippen LogP contribution in [0.25, 0.3) is 0 Å². The molecule has 6 nitrogen and oxygen atoms in total. The molecule has 0 radical (unpaired) electrons. The molecule has 1 amide bonds. The molecule has 6 heteroatoms. The maximum atomic E-state index is 12.2. The Hall–Kier alpha value is -2.08. The van der Waals surface area contributed by atoms with Crippen molar-refractivity contribution in [1.82, 2.24) is 10.2 Å². The van der Waals surface area contributed by atoms with Gasteiger partial charge in [0.05, 0.1) is 0 Å². The highest BCUT2D eigenvalue weighted by Crippen LogP contribution is 2.37. The predicted molar refractivity (Wildman–Crippen MR) is 110 cm³/mol. The topological polar surface area (TPSA) is 78.9 Å². The lowest BCUT2D eigenvalue weighted by atomic mass is 9.74. The normalized spacial score (nSPS) is 21.8. The summed E-state index contributed by atoms with van der Waals surface area (Å²) in [7, 11) is 2.16. The van der Waals surface area contributed by atoms with Crippen molar-refractivity contribution in [3.63, 3.8) is 0 Å². The van der Waals surface area contributed by atoms with E-state index >= 15 is 0 Å². The molecule has 1 aromatic carbocycles. The number of ether oxygens (including phenoxy) is 1. The largest absolute Gasteiger partial charge is 0.480 e. The molecular formula is C22H34N2O4. The number of likely N-dealkylation sites (tertiary alicyclic amines) is 1. The van der Waals surface area contributed by atoms with Crippen molar-refractivity contribution >= 4 is 12.1 Å². The third-order valence-electron chi connectivity index (χ3n) is 5.65. The number of nitrogens with one attached hydrogen (secondary N) is 1. The maximum Gasteiger partial charge on any atom is 0.413 e. The lowest BCUT2D eigenvalue weighted by Crippen LogP contribution is -2.43. The summed E-state index contributed by atoms with van der Waals surface area (Å²) in [6.45, 7) is 8.13. The van der Waals surface area contributed by atoms with E-state index in [-0.39, 0.29) is 11.3 Å². The SMILES string of the molecule is CCC1(c2cccc(OC(=O)N[C@H](CC(C)C)C(=O)O)c2)CCCCN(C)C1. The lowest BCUT2D eigenvalue weighted by molar-refractivity contribution is -0.139. The molecule has 1 saturated heterocycles. The summed E-state index contributed by atoms with van der Waals surface area (Å²) >= 11 is 0. The van der Waals surface area contributed by atoms with Gasteiger partial charge in [-0.3, -0.25) is 0 Å². The standard InChI is InChI=1S/C22H34N2O4/c1-5-22(11-6-7-12-24(4)15-22)17-9-8-10-18(14-17)28-21(27)23-19(20(25)26)13-16(2)3/h8-10,14,16,19H,5-7,11-13,15H2,1-4H3,(H,23,27)(H,25,26)/t19-,22?/m1/s1. The van der Waals surface area contributed by atoms with Crippen LogP contribution in [0.1, 0.15) is 58.4 Å². The number of hydrogen-bond donors (Lipinski definition) is 2. The Bertz CT molecular complexity index is 676. The number of amides is 1. The fourth-order valence-electron chi connectivity index (χ4n) is 4.11. The number of nitrogens with zero attached hydrogens (tertiary/aromatic N) is 1. The van der Waals surface area contributed by atoms with Crippen molar-refractivity contribution in [2.45, 2.75) is 64.3 Å². The second-order valence-electron chi connectivity index (χ2n) is 8.41. The molecule has 0 bridgehead atoms. The Morgan fingerprint density at radius 1 is 1.32 bits per heavy atom. The van der Waals surface area contributed by atoms with E-state index in [1.165, 1.54) is 18.4 Å². The first-order valence-electron chi connectivity index (χ1n) is 10.3. The first-order chi connectivity index (χ1) is 13.3. The molecule has 28 heavy (non-hydrogen) atoms. The summed E-state index contributed by atoms with van der Waals surface area (Å²) in [5.41, 5.74) is 1.22. The fraction of sp³-hybridized carbons (Fsp3) is 0.636. The predicted octanol–water partition coefficient (Wildman–Crippen LogP) is 4.04. The molecule has 1 aliphatic heterocycles. The van der Waals surface area contributed by atoms with E-state index in [4.69, 9.17) is 4.74 Å². The Labute approximate surface area is 168 Å². The summed E-state index contributed by atoms with van der Waals surface area (Å²) in [5, 5.41) is 11.8. The van der Waals surface area contributed by atoms with Crippen LogP contribution < -0.4 is 10.1 Å². The van der Waals surface area contributed by atoms with Gasteiger partial charge < -0.3 is 20.1 Å². The van der Waals surface area contributed by atoms with Crippen molar-refractivity contribution in [2.75, 3.05) is 20.1 Å². The van der Waals surface area contributed by atoms with Gasteiger partial charge in [0.2, 0.25) is 0 Å². The molecule has 2 rings (SSSR count). The highest BCUT2D eigenvalue weighted by molar-refractivity contribution is 5.80. The first-order valence-corrected chi connectivity index (χ1v) is 10.3. The number of carbonyl (C=O) groups excluding carboxylic acids is 1. The molecule has 156 valence electrons. The molecular weight excluding hydrogens is 356 g/mol. The number of hydrogen-bond acceptors (Lipinski definition) is 4. The zero-order valence-corrected chi connectivity index (χ0v) is 17.5. The number of carboxylic acid groups (broad SMARTS) is 1. The van der Waals surface area contributed by atoms with Gasteiger partial charge in [-0.2, -0.15) is 0 Å². The van der Waals surface area contributed by atoms with Crippen LogP contribution in [0.4, 0.5) is 4.79 Å². The van der Waals surface area contributed by atoms with E-state index in [1.807, 2.05) is 26.0 Å². The van der Waals surface area contributed by atoms with Crippen molar-refractivity contribution in [3.05, 3.63) is 29.8 Å². The number of rotatable bonds is 7. The summed E-state index contributed by atoms with van der Waals surface area (Å²) < 4.78 is 5.43. The first kappa shape index (κ1) is 22.2. The second kappa shape index (κ2) is 9.92. The molecule has 1 aromatic rings. The Balaban J connectivity index is 2.13. The van der Waals surface area contributed by atoms with Gasteiger partial charge in [-0.15, -0.1) is 0 Å². The molecule has 1 heterocycles. The zero-order chi connectivity index (χ0) is 20.7. The average Bonchev–Trinajstić information content (AvgIpc) is 2.83. The molecule has 1 fully saturated rings. The van der Waals surface area contributed by atoms with Gasteiger partial charge in [0.25, 0.3) is 0 Å². The molecule has 2 N–H and O–H groups in total. The summed E-state index contributed by atoms with van der Waals surface area (Å²) in [5.74, 6) is -0.449. The van der Waals surface area contributed by atoms with E-state index in [0.29, 0.717) is 12.2 Å². The van der Waals surface area contributed by atoms with E-state index < -0.39 is 18.1 Å². The van der Waals surface area contributed by atoms with Crippen molar-refractivity contribution < 1.29 is 19.4 Å². The van der Waals surface area contributed by atoms with Crippen LogP contribution in [-0.4, -0.2) is 48.2 Å². The van der Waals surface area contributed by atoms with Crippen LogP contribution in [0.2, 0.25) is 0 Å². The second-order valence-corrected chi connectivity index (χ2v) is 8.41. The van der Waals surface area contributed by atoms with Gasteiger partial charge in [-0.1, -0.05) is 39.3 Å². The molecule has 0 aromatic heterocycles. The smallest absolute Gasteiger partial charge is 0.413 e. The number of aliphatic carboxylic acids is 1. The Morgan fingerprint density at radius 2 is 2.07 bits per heavy atom. The lowest BCUT2D eigenvalue weighted by Gasteiger charge is -2.35. The Kier molecular flexibility index (Phi) is 7.87. The van der Waals surface area contributed by atoms with Gasteiger partial charge in [-0.25, -0.2) is 9.59 Å².